The Morgan fingerprint density at radius 1 is 1.08 bits per heavy atom. The lowest BCUT2D eigenvalue weighted by atomic mass is 9.67. The van der Waals surface area contributed by atoms with Crippen LogP contribution in [0.3, 0.4) is 0 Å². The molecule has 2 rings (SSSR count). The van der Waals surface area contributed by atoms with Crippen LogP contribution in [-0.2, 0) is 4.84 Å². The van der Waals surface area contributed by atoms with E-state index in [1.165, 1.54) is 44.9 Å². The lowest BCUT2D eigenvalue weighted by molar-refractivity contribution is 0.0833. The highest BCUT2D eigenvalue weighted by Gasteiger charge is 2.31. The van der Waals surface area contributed by atoms with E-state index in [0.717, 1.165) is 24.4 Å². The molecule has 2 fully saturated rings. The summed E-state index contributed by atoms with van der Waals surface area (Å²) < 4.78 is 0. The summed E-state index contributed by atoms with van der Waals surface area (Å²) in [6, 6.07) is 0. The molecule has 0 aliphatic heterocycles. The first-order valence-corrected chi connectivity index (χ1v) is 5.70. The SMILES string of the molecule is NOCCC1CC2CCC[C@@H](C2)C1. The summed E-state index contributed by atoms with van der Waals surface area (Å²) in [6.07, 6.45) is 10.0. The predicted octanol–water partition coefficient (Wildman–Crippen LogP) is 2.48. The Balaban J connectivity index is 1.80. The van der Waals surface area contributed by atoms with Crippen molar-refractivity contribution in [3.05, 3.63) is 0 Å². The maximum Gasteiger partial charge on any atom is 0.0681 e. The highest BCUT2D eigenvalue weighted by molar-refractivity contribution is 4.82. The number of fused-ring (bicyclic) bond motifs is 2. The molecule has 0 saturated heterocycles. The summed E-state index contributed by atoms with van der Waals surface area (Å²) in [4.78, 5) is 4.67. The molecular formula is C11H21NO. The van der Waals surface area contributed by atoms with Crippen molar-refractivity contribution < 1.29 is 4.84 Å². The van der Waals surface area contributed by atoms with E-state index in [1.807, 2.05) is 0 Å². The van der Waals surface area contributed by atoms with E-state index in [2.05, 4.69) is 4.84 Å². The molecular weight excluding hydrogens is 162 g/mol. The first kappa shape index (κ1) is 9.47. The lowest BCUT2D eigenvalue weighted by Crippen LogP contribution is -2.27. The van der Waals surface area contributed by atoms with Gasteiger partial charge in [0.15, 0.2) is 0 Å². The maximum absolute atomic E-state index is 5.06. The lowest BCUT2D eigenvalue weighted by Gasteiger charge is -2.39. The van der Waals surface area contributed by atoms with E-state index in [9.17, 15) is 0 Å². The Morgan fingerprint density at radius 2 is 1.77 bits per heavy atom. The zero-order valence-corrected chi connectivity index (χ0v) is 8.37. The molecule has 0 spiro atoms. The predicted molar refractivity (Wildman–Crippen MR) is 52.9 cm³/mol. The largest absolute Gasteiger partial charge is 0.305 e. The van der Waals surface area contributed by atoms with Gasteiger partial charge in [-0.3, -0.25) is 0 Å². The van der Waals surface area contributed by atoms with Crippen LogP contribution in [0.25, 0.3) is 0 Å². The van der Waals surface area contributed by atoms with E-state index in [0.29, 0.717) is 0 Å². The van der Waals surface area contributed by atoms with Crippen LogP contribution in [0.2, 0.25) is 0 Å². The molecule has 2 unspecified atom stereocenters. The summed E-state index contributed by atoms with van der Waals surface area (Å²) in [5.74, 6) is 8.05. The van der Waals surface area contributed by atoms with Crippen LogP contribution in [0.1, 0.15) is 44.9 Å². The Labute approximate surface area is 80.8 Å². The number of rotatable bonds is 3. The van der Waals surface area contributed by atoms with E-state index < -0.39 is 0 Å². The van der Waals surface area contributed by atoms with Gasteiger partial charge in [0, 0.05) is 0 Å². The minimum atomic E-state index is 0.754. The molecule has 0 aromatic rings. The molecule has 2 heteroatoms. The van der Waals surface area contributed by atoms with Gasteiger partial charge in [0.1, 0.15) is 0 Å². The standard InChI is InChI=1S/C11H21NO/c12-13-5-4-11-7-9-2-1-3-10(6-9)8-11/h9-11H,1-8,12H2/t9-,10?,11?/m0/s1. The number of hydrogen-bond donors (Lipinski definition) is 1. The number of hydrogen-bond acceptors (Lipinski definition) is 2. The zero-order valence-electron chi connectivity index (χ0n) is 8.37. The van der Waals surface area contributed by atoms with Gasteiger partial charge in [-0.1, -0.05) is 19.3 Å². The second-order valence-corrected chi connectivity index (χ2v) is 4.90. The van der Waals surface area contributed by atoms with E-state index in [1.54, 1.807) is 0 Å². The summed E-state index contributed by atoms with van der Waals surface area (Å²) in [7, 11) is 0. The van der Waals surface area contributed by atoms with Gasteiger partial charge in [-0.15, -0.1) is 0 Å². The smallest absolute Gasteiger partial charge is 0.0681 e. The summed E-state index contributed by atoms with van der Waals surface area (Å²) in [6.45, 7) is 0.754. The molecule has 3 atom stereocenters. The van der Waals surface area contributed by atoms with Crippen molar-refractivity contribution in [3.63, 3.8) is 0 Å². The molecule has 2 nitrogen and oxygen atoms in total. The van der Waals surface area contributed by atoms with Crippen LogP contribution in [-0.4, -0.2) is 6.61 Å². The van der Waals surface area contributed by atoms with Crippen molar-refractivity contribution in [2.45, 2.75) is 44.9 Å². The van der Waals surface area contributed by atoms with Gasteiger partial charge < -0.3 is 4.84 Å². The van der Waals surface area contributed by atoms with Crippen molar-refractivity contribution in [2.24, 2.45) is 23.7 Å². The Bertz CT molecular complexity index is 148. The molecule has 2 aliphatic carbocycles. The van der Waals surface area contributed by atoms with Crippen molar-refractivity contribution in [3.8, 4) is 0 Å². The number of nitrogens with two attached hydrogens (primary N) is 1. The summed E-state index contributed by atoms with van der Waals surface area (Å²) in [5, 5.41) is 0. The van der Waals surface area contributed by atoms with Gasteiger partial charge in [0.2, 0.25) is 0 Å². The fourth-order valence-electron chi connectivity index (χ4n) is 3.34. The van der Waals surface area contributed by atoms with Crippen LogP contribution >= 0.6 is 0 Å². The van der Waals surface area contributed by atoms with Crippen molar-refractivity contribution in [1.82, 2.24) is 0 Å². The van der Waals surface area contributed by atoms with E-state index >= 15 is 0 Å². The molecule has 76 valence electrons. The van der Waals surface area contributed by atoms with Gasteiger partial charge in [-0.25, -0.2) is 5.90 Å². The minimum Gasteiger partial charge on any atom is -0.305 e. The molecule has 0 amide bonds. The van der Waals surface area contributed by atoms with Gasteiger partial charge in [-0.05, 0) is 43.4 Å². The van der Waals surface area contributed by atoms with Crippen molar-refractivity contribution in [2.75, 3.05) is 6.61 Å². The minimum absolute atomic E-state index is 0.754. The van der Waals surface area contributed by atoms with E-state index in [4.69, 9.17) is 5.90 Å². The molecule has 0 heterocycles. The fraction of sp³-hybridized carbons (Fsp3) is 1.00. The first-order valence-electron chi connectivity index (χ1n) is 5.70. The topological polar surface area (TPSA) is 35.2 Å². The summed E-state index contributed by atoms with van der Waals surface area (Å²) >= 11 is 0. The van der Waals surface area contributed by atoms with Crippen molar-refractivity contribution >= 4 is 0 Å². The molecule has 2 N–H and O–H groups in total. The fourth-order valence-corrected chi connectivity index (χ4v) is 3.34. The molecule has 2 saturated carbocycles. The second-order valence-electron chi connectivity index (χ2n) is 4.90. The molecule has 13 heavy (non-hydrogen) atoms. The third-order valence-corrected chi connectivity index (χ3v) is 3.87. The molecule has 0 aromatic heterocycles. The highest BCUT2D eigenvalue weighted by atomic mass is 16.6. The van der Waals surface area contributed by atoms with Gasteiger partial charge in [0.05, 0.1) is 6.61 Å². The van der Waals surface area contributed by atoms with Gasteiger partial charge in [-0.2, -0.15) is 0 Å². The average Bonchev–Trinajstić information content (AvgIpc) is 2.14. The zero-order chi connectivity index (χ0) is 9.10. The molecule has 0 aromatic carbocycles. The second kappa shape index (κ2) is 4.43. The normalized spacial score (nSPS) is 39.0. The Kier molecular flexibility index (Phi) is 3.23. The van der Waals surface area contributed by atoms with Crippen LogP contribution in [0.15, 0.2) is 0 Å². The quantitative estimate of drug-likeness (QED) is 0.682. The summed E-state index contributed by atoms with van der Waals surface area (Å²) in [5.41, 5.74) is 0. The van der Waals surface area contributed by atoms with Crippen LogP contribution in [0, 0.1) is 17.8 Å². The third kappa shape index (κ3) is 2.44. The average molecular weight is 183 g/mol. The Morgan fingerprint density at radius 3 is 2.38 bits per heavy atom. The van der Waals surface area contributed by atoms with Gasteiger partial charge >= 0.3 is 0 Å². The van der Waals surface area contributed by atoms with Gasteiger partial charge in [0.25, 0.3) is 0 Å². The molecule has 2 aliphatic rings. The van der Waals surface area contributed by atoms with Crippen LogP contribution in [0.4, 0.5) is 0 Å². The van der Waals surface area contributed by atoms with E-state index in [-0.39, 0.29) is 0 Å². The Hall–Kier alpha value is -0.0800. The monoisotopic (exact) mass is 183 g/mol. The molecule has 2 bridgehead atoms. The molecule has 0 radical (unpaired) electrons. The van der Waals surface area contributed by atoms with Crippen molar-refractivity contribution in [1.29, 1.82) is 0 Å². The first-order chi connectivity index (χ1) is 6.38. The van der Waals surface area contributed by atoms with Crippen LogP contribution < -0.4 is 5.90 Å². The third-order valence-electron chi connectivity index (χ3n) is 3.87. The highest BCUT2D eigenvalue weighted by Crippen LogP contribution is 2.43. The van der Waals surface area contributed by atoms with Crippen LogP contribution in [0.5, 0.6) is 0 Å². The maximum atomic E-state index is 5.06.